The predicted molar refractivity (Wildman–Crippen MR) is 125 cm³/mol. The van der Waals surface area contributed by atoms with Crippen molar-refractivity contribution in [2.24, 2.45) is 5.92 Å². The molecule has 1 aliphatic heterocycles. The first-order valence-electron chi connectivity index (χ1n) is 10.7. The lowest BCUT2D eigenvalue weighted by atomic mass is 10.2. The molecule has 2 aromatic rings. The maximum atomic E-state index is 12.5. The van der Waals surface area contributed by atoms with Crippen molar-refractivity contribution in [3.63, 3.8) is 0 Å². The molecule has 0 atom stereocenters. The SMILES string of the molecule is COc1cc(C(=O)OCC(=O)Nc2ccccc2N2CCCC2=O)cc(Cl)c1OCC(C)C. The number of halogens is 1. The molecule has 2 amide bonds. The summed E-state index contributed by atoms with van der Waals surface area (Å²) in [5.74, 6) is -0.336. The lowest BCUT2D eigenvalue weighted by Gasteiger charge is -2.20. The zero-order chi connectivity index (χ0) is 24.0. The lowest BCUT2D eigenvalue weighted by molar-refractivity contribution is -0.119. The topological polar surface area (TPSA) is 94.2 Å². The number of para-hydroxylation sites is 2. The summed E-state index contributed by atoms with van der Waals surface area (Å²) in [5, 5.41) is 2.91. The highest BCUT2D eigenvalue weighted by atomic mass is 35.5. The number of ether oxygens (including phenoxy) is 3. The van der Waals surface area contributed by atoms with Gasteiger partial charge in [-0.2, -0.15) is 0 Å². The highest BCUT2D eigenvalue weighted by molar-refractivity contribution is 6.32. The number of carbonyl (C=O) groups is 3. The Balaban J connectivity index is 1.64. The third kappa shape index (κ3) is 6.16. The van der Waals surface area contributed by atoms with Gasteiger partial charge in [0.15, 0.2) is 18.1 Å². The summed E-state index contributed by atoms with van der Waals surface area (Å²) in [4.78, 5) is 38.6. The third-order valence-corrected chi connectivity index (χ3v) is 5.18. The number of anilines is 2. The van der Waals surface area contributed by atoms with Crippen molar-refractivity contribution in [2.75, 3.05) is 37.1 Å². The van der Waals surface area contributed by atoms with E-state index in [9.17, 15) is 14.4 Å². The lowest BCUT2D eigenvalue weighted by Crippen LogP contribution is -2.27. The average Bonchev–Trinajstić information content (AvgIpc) is 3.21. The number of amides is 2. The summed E-state index contributed by atoms with van der Waals surface area (Å²) in [6.45, 7) is 4.52. The molecule has 1 fully saturated rings. The van der Waals surface area contributed by atoms with Crippen molar-refractivity contribution >= 4 is 40.8 Å². The molecule has 0 aromatic heterocycles. The average molecular weight is 475 g/mol. The fourth-order valence-corrected chi connectivity index (χ4v) is 3.61. The number of methoxy groups -OCH3 is 1. The Morgan fingerprint density at radius 1 is 1.21 bits per heavy atom. The molecule has 0 aliphatic carbocycles. The van der Waals surface area contributed by atoms with Crippen LogP contribution >= 0.6 is 11.6 Å². The molecule has 9 heteroatoms. The van der Waals surface area contributed by atoms with E-state index in [2.05, 4.69) is 5.32 Å². The Morgan fingerprint density at radius 3 is 2.64 bits per heavy atom. The normalized spacial score (nSPS) is 13.2. The van der Waals surface area contributed by atoms with E-state index in [1.807, 2.05) is 13.8 Å². The molecule has 0 bridgehead atoms. The van der Waals surface area contributed by atoms with E-state index in [-0.39, 0.29) is 22.4 Å². The third-order valence-electron chi connectivity index (χ3n) is 4.90. The van der Waals surface area contributed by atoms with E-state index in [4.69, 9.17) is 25.8 Å². The predicted octanol–water partition coefficient (Wildman–Crippen LogP) is 4.31. The van der Waals surface area contributed by atoms with Crippen LogP contribution in [0, 0.1) is 5.92 Å². The molecule has 33 heavy (non-hydrogen) atoms. The first-order chi connectivity index (χ1) is 15.8. The molecule has 176 valence electrons. The van der Waals surface area contributed by atoms with Crippen LogP contribution in [0.4, 0.5) is 11.4 Å². The van der Waals surface area contributed by atoms with Crippen LogP contribution < -0.4 is 19.7 Å². The van der Waals surface area contributed by atoms with Crippen LogP contribution in [-0.4, -0.2) is 44.7 Å². The van der Waals surface area contributed by atoms with Gasteiger partial charge in [-0.05, 0) is 36.6 Å². The van der Waals surface area contributed by atoms with Gasteiger partial charge in [0, 0.05) is 13.0 Å². The molecule has 1 N–H and O–H groups in total. The summed E-state index contributed by atoms with van der Waals surface area (Å²) in [6.07, 6.45) is 1.25. The maximum absolute atomic E-state index is 12.5. The minimum absolute atomic E-state index is 0.00905. The van der Waals surface area contributed by atoms with Crippen LogP contribution in [0.15, 0.2) is 36.4 Å². The molecule has 0 spiro atoms. The second kappa shape index (κ2) is 11.0. The van der Waals surface area contributed by atoms with Crippen molar-refractivity contribution in [1.29, 1.82) is 0 Å². The molecule has 8 nitrogen and oxygen atoms in total. The van der Waals surface area contributed by atoms with Crippen LogP contribution in [0.5, 0.6) is 11.5 Å². The van der Waals surface area contributed by atoms with Gasteiger partial charge in [-0.1, -0.05) is 37.6 Å². The second-order valence-corrected chi connectivity index (χ2v) is 8.39. The largest absolute Gasteiger partial charge is 0.493 e. The van der Waals surface area contributed by atoms with E-state index in [0.29, 0.717) is 42.4 Å². The van der Waals surface area contributed by atoms with E-state index in [1.165, 1.54) is 19.2 Å². The van der Waals surface area contributed by atoms with Crippen LogP contribution in [0.1, 0.15) is 37.0 Å². The van der Waals surface area contributed by atoms with Crippen molar-refractivity contribution in [1.82, 2.24) is 0 Å². The smallest absolute Gasteiger partial charge is 0.338 e. The number of esters is 1. The zero-order valence-corrected chi connectivity index (χ0v) is 19.6. The number of carbonyl (C=O) groups excluding carboxylic acids is 3. The first kappa shape index (κ1) is 24.4. The molecule has 2 aromatic carbocycles. The summed E-state index contributed by atoms with van der Waals surface area (Å²) in [7, 11) is 1.44. The molecule has 3 rings (SSSR count). The molecule has 0 saturated carbocycles. The van der Waals surface area contributed by atoms with Gasteiger partial charge < -0.3 is 24.4 Å². The number of nitrogens with zero attached hydrogens (tertiary/aromatic N) is 1. The fourth-order valence-electron chi connectivity index (χ4n) is 3.35. The summed E-state index contributed by atoms with van der Waals surface area (Å²) < 4.78 is 16.1. The second-order valence-electron chi connectivity index (χ2n) is 7.98. The van der Waals surface area contributed by atoms with E-state index >= 15 is 0 Å². The number of hydrogen-bond acceptors (Lipinski definition) is 6. The number of nitrogens with one attached hydrogen (secondary N) is 1. The maximum Gasteiger partial charge on any atom is 0.338 e. The van der Waals surface area contributed by atoms with Gasteiger partial charge >= 0.3 is 5.97 Å². The van der Waals surface area contributed by atoms with Crippen LogP contribution in [-0.2, 0) is 14.3 Å². The first-order valence-corrected chi connectivity index (χ1v) is 11.0. The van der Waals surface area contributed by atoms with Crippen molar-refractivity contribution in [3.8, 4) is 11.5 Å². The molecule has 0 radical (unpaired) electrons. The van der Waals surface area contributed by atoms with Gasteiger partial charge in [0.05, 0.1) is 35.7 Å². The minimum atomic E-state index is -0.733. The Labute approximate surface area is 197 Å². The highest BCUT2D eigenvalue weighted by Gasteiger charge is 2.24. The van der Waals surface area contributed by atoms with Gasteiger partial charge in [0.1, 0.15) is 0 Å². The van der Waals surface area contributed by atoms with Gasteiger partial charge in [0.25, 0.3) is 5.91 Å². The number of hydrogen-bond donors (Lipinski definition) is 1. The standard InChI is InChI=1S/C24H27ClN2O6/c1-15(2)13-32-23-17(25)11-16(12-20(23)31-3)24(30)33-14-21(28)26-18-7-4-5-8-19(18)27-10-6-9-22(27)29/h4-5,7-8,11-12,15H,6,9-10,13-14H2,1-3H3,(H,26,28). The Morgan fingerprint density at radius 2 is 1.97 bits per heavy atom. The highest BCUT2D eigenvalue weighted by Crippen LogP contribution is 2.37. The van der Waals surface area contributed by atoms with Gasteiger partial charge in [-0.3, -0.25) is 9.59 Å². The fraction of sp³-hybridized carbons (Fsp3) is 0.375. The van der Waals surface area contributed by atoms with Crippen molar-refractivity contribution in [2.45, 2.75) is 26.7 Å². The van der Waals surface area contributed by atoms with E-state index in [1.54, 1.807) is 29.2 Å². The monoisotopic (exact) mass is 474 g/mol. The number of rotatable bonds is 9. The van der Waals surface area contributed by atoms with E-state index in [0.717, 1.165) is 6.42 Å². The Bertz CT molecular complexity index is 1040. The Kier molecular flexibility index (Phi) is 8.16. The van der Waals surface area contributed by atoms with Gasteiger partial charge in [-0.25, -0.2) is 4.79 Å². The van der Waals surface area contributed by atoms with Gasteiger partial charge in [-0.15, -0.1) is 0 Å². The molecule has 1 saturated heterocycles. The summed E-state index contributed by atoms with van der Waals surface area (Å²) >= 11 is 6.28. The van der Waals surface area contributed by atoms with Crippen LogP contribution in [0.25, 0.3) is 0 Å². The quantitative estimate of drug-likeness (QED) is 0.544. The molecular formula is C24H27ClN2O6. The van der Waals surface area contributed by atoms with Gasteiger partial charge in [0.2, 0.25) is 5.91 Å². The van der Waals surface area contributed by atoms with E-state index < -0.39 is 18.5 Å². The van der Waals surface area contributed by atoms with Crippen LogP contribution in [0.2, 0.25) is 5.02 Å². The summed E-state index contributed by atoms with van der Waals surface area (Å²) in [6, 6.07) is 9.87. The number of benzene rings is 2. The van der Waals surface area contributed by atoms with Crippen LogP contribution in [0.3, 0.4) is 0 Å². The zero-order valence-electron chi connectivity index (χ0n) is 18.9. The molecule has 0 unspecified atom stereocenters. The summed E-state index contributed by atoms with van der Waals surface area (Å²) in [5.41, 5.74) is 1.22. The van der Waals surface area contributed by atoms with Crippen molar-refractivity contribution < 1.29 is 28.6 Å². The molecule has 1 heterocycles. The van der Waals surface area contributed by atoms with Crippen molar-refractivity contribution in [3.05, 3.63) is 47.0 Å². The Hall–Kier alpha value is -3.26. The molecule has 1 aliphatic rings. The molecular weight excluding hydrogens is 448 g/mol. The minimum Gasteiger partial charge on any atom is -0.493 e.